The van der Waals surface area contributed by atoms with Crippen molar-refractivity contribution in [2.24, 2.45) is 5.73 Å². The minimum Gasteiger partial charge on any atom is -0.384 e. The van der Waals surface area contributed by atoms with Crippen LogP contribution in [0.15, 0.2) is 18.2 Å². The Morgan fingerprint density at radius 2 is 2.24 bits per heavy atom. The molecule has 0 aliphatic carbocycles. The van der Waals surface area contributed by atoms with E-state index in [-0.39, 0.29) is 18.2 Å². The van der Waals surface area contributed by atoms with Gasteiger partial charge in [0, 0.05) is 38.1 Å². The number of ether oxygens (including phenoxy) is 1. The molecular formula is C16H21ClN4O3S. The van der Waals surface area contributed by atoms with Crippen molar-refractivity contribution in [2.75, 3.05) is 26.8 Å². The van der Waals surface area contributed by atoms with Gasteiger partial charge in [-0.3, -0.25) is 9.59 Å². The summed E-state index contributed by atoms with van der Waals surface area (Å²) in [5, 5.41) is 6.82. The molecule has 0 unspecified atom stereocenters. The quantitative estimate of drug-likeness (QED) is 0.600. The Kier molecular flexibility index (Phi) is 7.57. The molecule has 0 saturated heterocycles. The minimum absolute atomic E-state index is 0.187. The predicted molar refractivity (Wildman–Crippen MR) is 98.8 cm³/mol. The Balaban J connectivity index is 2.12. The summed E-state index contributed by atoms with van der Waals surface area (Å²) < 4.78 is 5.83. The molecule has 1 aromatic heterocycles. The zero-order valence-electron chi connectivity index (χ0n) is 13.9. The Hall–Kier alpha value is -1.74. The number of nitrogens with two attached hydrogens (primary N) is 1. The highest BCUT2D eigenvalue weighted by Gasteiger charge is 2.22. The van der Waals surface area contributed by atoms with Gasteiger partial charge in [-0.2, -0.15) is 0 Å². The monoisotopic (exact) mass is 384 g/mol. The van der Waals surface area contributed by atoms with E-state index in [2.05, 4.69) is 15.6 Å². The number of halogens is 1. The van der Waals surface area contributed by atoms with Crippen LogP contribution in [0.2, 0.25) is 5.02 Å². The maximum absolute atomic E-state index is 12.3. The second kappa shape index (κ2) is 9.67. The van der Waals surface area contributed by atoms with Gasteiger partial charge in [0.25, 0.3) is 0 Å². The Labute approximate surface area is 154 Å². The molecule has 0 bridgehead atoms. The van der Waals surface area contributed by atoms with Crippen molar-refractivity contribution in [1.82, 2.24) is 15.6 Å². The number of hydrogen-bond donors (Lipinski definition) is 3. The highest BCUT2D eigenvalue weighted by Crippen LogP contribution is 2.26. The van der Waals surface area contributed by atoms with Crippen LogP contribution in [0.1, 0.15) is 11.4 Å². The molecule has 0 aliphatic heterocycles. The first-order valence-corrected chi connectivity index (χ1v) is 9.04. The second-order valence-corrected chi connectivity index (χ2v) is 6.92. The third kappa shape index (κ3) is 5.93. The van der Waals surface area contributed by atoms with Gasteiger partial charge in [0.1, 0.15) is 6.04 Å². The van der Waals surface area contributed by atoms with Gasteiger partial charge in [0.15, 0.2) is 0 Å². The lowest BCUT2D eigenvalue weighted by atomic mass is 10.2. The summed E-state index contributed by atoms with van der Waals surface area (Å²) in [5.74, 6) is -0.535. The molecule has 0 spiro atoms. The summed E-state index contributed by atoms with van der Waals surface area (Å²) in [6.07, 6.45) is 0.485. The van der Waals surface area contributed by atoms with E-state index in [0.29, 0.717) is 31.1 Å². The van der Waals surface area contributed by atoms with Crippen LogP contribution >= 0.6 is 22.9 Å². The van der Waals surface area contributed by atoms with E-state index in [1.807, 2.05) is 12.1 Å². The van der Waals surface area contributed by atoms with Crippen LogP contribution in [0.4, 0.5) is 0 Å². The highest BCUT2D eigenvalue weighted by atomic mass is 35.5. The third-order valence-electron chi connectivity index (χ3n) is 3.40. The smallest absolute Gasteiger partial charge is 0.243 e. The molecular weight excluding hydrogens is 364 g/mol. The summed E-state index contributed by atoms with van der Waals surface area (Å²) in [5.41, 5.74) is 6.24. The number of hydrogen-bond acceptors (Lipinski definition) is 6. The van der Waals surface area contributed by atoms with Crippen LogP contribution < -0.4 is 16.4 Å². The van der Waals surface area contributed by atoms with Gasteiger partial charge in [0.2, 0.25) is 11.8 Å². The molecule has 0 saturated carbocycles. The van der Waals surface area contributed by atoms with Gasteiger partial charge in [-0.15, -0.1) is 11.3 Å². The molecule has 1 heterocycles. The van der Waals surface area contributed by atoms with E-state index < -0.39 is 6.04 Å². The first-order chi connectivity index (χ1) is 12.0. The SMILES string of the molecule is COCCC(=O)N[C@@H](Cc1nc2ccc(Cl)cc2s1)C(=O)NCCN. The van der Waals surface area contributed by atoms with Crippen LogP contribution in [0.25, 0.3) is 10.2 Å². The molecule has 7 nitrogen and oxygen atoms in total. The summed E-state index contributed by atoms with van der Waals surface area (Å²) in [6, 6.07) is 4.72. The van der Waals surface area contributed by atoms with Gasteiger partial charge in [-0.05, 0) is 18.2 Å². The van der Waals surface area contributed by atoms with E-state index in [4.69, 9.17) is 22.1 Å². The number of fused-ring (bicyclic) bond motifs is 1. The molecule has 2 amide bonds. The standard InChI is InChI=1S/C16H21ClN4O3S/c1-24-7-4-14(22)20-12(16(23)19-6-5-18)9-15-21-11-3-2-10(17)8-13(11)25-15/h2-3,8,12H,4-7,9,18H2,1H3,(H,19,23)(H,20,22)/t12-/m0/s1. The number of amides is 2. The van der Waals surface area contributed by atoms with Crippen molar-refractivity contribution in [3.05, 3.63) is 28.2 Å². The number of benzene rings is 1. The molecule has 136 valence electrons. The minimum atomic E-state index is -0.716. The lowest BCUT2D eigenvalue weighted by Gasteiger charge is -2.17. The Morgan fingerprint density at radius 3 is 2.96 bits per heavy atom. The maximum atomic E-state index is 12.3. The maximum Gasteiger partial charge on any atom is 0.243 e. The number of carbonyl (C=O) groups is 2. The molecule has 0 aliphatic rings. The fraction of sp³-hybridized carbons (Fsp3) is 0.438. The number of nitrogens with one attached hydrogen (secondary N) is 2. The third-order valence-corrected chi connectivity index (χ3v) is 4.68. The van der Waals surface area contributed by atoms with E-state index in [1.54, 1.807) is 6.07 Å². The molecule has 2 aromatic rings. The van der Waals surface area contributed by atoms with Crippen LogP contribution in [0.3, 0.4) is 0 Å². The molecule has 9 heteroatoms. The average molecular weight is 385 g/mol. The first kappa shape index (κ1) is 19.6. The van der Waals surface area contributed by atoms with Gasteiger partial charge in [-0.25, -0.2) is 4.98 Å². The van der Waals surface area contributed by atoms with Crippen LogP contribution in [0, 0.1) is 0 Å². The molecule has 2 rings (SSSR count). The van der Waals surface area contributed by atoms with Gasteiger partial charge in [0.05, 0.1) is 21.8 Å². The van der Waals surface area contributed by atoms with Crippen LogP contribution in [-0.2, 0) is 20.7 Å². The number of thiazole rings is 1. The molecule has 1 aromatic carbocycles. The van der Waals surface area contributed by atoms with Crippen molar-refractivity contribution in [1.29, 1.82) is 0 Å². The number of methoxy groups -OCH3 is 1. The van der Waals surface area contributed by atoms with Crippen molar-refractivity contribution >= 4 is 45.0 Å². The van der Waals surface area contributed by atoms with Crippen molar-refractivity contribution in [3.63, 3.8) is 0 Å². The first-order valence-electron chi connectivity index (χ1n) is 7.84. The Morgan fingerprint density at radius 1 is 1.44 bits per heavy atom. The van der Waals surface area contributed by atoms with Gasteiger partial charge >= 0.3 is 0 Å². The zero-order valence-corrected chi connectivity index (χ0v) is 15.5. The lowest BCUT2D eigenvalue weighted by molar-refractivity contribution is -0.129. The summed E-state index contributed by atoms with van der Waals surface area (Å²) in [4.78, 5) is 28.8. The summed E-state index contributed by atoms with van der Waals surface area (Å²) in [6.45, 7) is 0.969. The molecule has 1 atom stereocenters. The normalized spacial score (nSPS) is 12.1. The van der Waals surface area contributed by atoms with Crippen LogP contribution in [-0.4, -0.2) is 49.6 Å². The summed E-state index contributed by atoms with van der Waals surface area (Å²) >= 11 is 7.44. The largest absolute Gasteiger partial charge is 0.384 e. The highest BCUT2D eigenvalue weighted by molar-refractivity contribution is 7.18. The second-order valence-electron chi connectivity index (χ2n) is 5.37. The molecule has 4 N–H and O–H groups in total. The average Bonchev–Trinajstić information content (AvgIpc) is 2.98. The number of rotatable bonds is 9. The molecule has 0 radical (unpaired) electrons. The predicted octanol–water partition coefficient (Wildman–Crippen LogP) is 1.09. The van der Waals surface area contributed by atoms with Gasteiger partial charge in [-0.1, -0.05) is 11.6 Å². The van der Waals surface area contributed by atoms with Crippen molar-refractivity contribution in [3.8, 4) is 0 Å². The Bertz CT molecular complexity index is 737. The van der Waals surface area contributed by atoms with Crippen molar-refractivity contribution < 1.29 is 14.3 Å². The topological polar surface area (TPSA) is 106 Å². The zero-order chi connectivity index (χ0) is 18.2. The van der Waals surface area contributed by atoms with Gasteiger partial charge < -0.3 is 21.1 Å². The molecule has 0 fully saturated rings. The number of aromatic nitrogens is 1. The molecule has 25 heavy (non-hydrogen) atoms. The van der Waals surface area contributed by atoms with Crippen molar-refractivity contribution in [2.45, 2.75) is 18.9 Å². The fourth-order valence-corrected chi connectivity index (χ4v) is 3.49. The van der Waals surface area contributed by atoms with E-state index in [1.165, 1.54) is 18.4 Å². The lowest BCUT2D eigenvalue weighted by Crippen LogP contribution is -2.49. The fourth-order valence-electron chi connectivity index (χ4n) is 2.20. The van der Waals surface area contributed by atoms with Crippen LogP contribution in [0.5, 0.6) is 0 Å². The summed E-state index contributed by atoms with van der Waals surface area (Å²) in [7, 11) is 1.52. The van der Waals surface area contributed by atoms with E-state index in [0.717, 1.165) is 15.2 Å². The van der Waals surface area contributed by atoms with E-state index >= 15 is 0 Å². The van der Waals surface area contributed by atoms with E-state index in [9.17, 15) is 9.59 Å². The number of nitrogens with zero attached hydrogens (tertiary/aromatic N) is 1. The number of carbonyl (C=O) groups excluding carboxylic acids is 2.